The van der Waals surface area contributed by atoms with Crippen LogP contribution in [0.3, 0.4) is 0 Å². The van der Waals surface area contributed by atoms with Crippen LogP contribution in [0.4, 0.5) is 14.5 Å². The van der Waals surface area contributed by atoms with Crippen molar-refractivity contribution in [3.8, 4) is 5.75 Å². The Bertz CT molecular complexity index is 1190. The van der Waals surface area contributed by atoms with Gasteiger partial charge in [0.05, 0.1) is 23.6 Å². The van der Waals surface area contributed by atoms with E-state index in [-0.39, 0.29) is 11.6 Å². The van der Waals surface area contributed by atoms with Crippen LogP contribution in [-0.4, -0.2) is 11.0 Å². The monoisotopic (exact) mass is 413 g/mol. The summed E-state index contributed by atoms with van der Waals surface area (Å²) in [5, 5.41) is 12.1. The van der Waals surface area contributed by atoms with E-state index in [0.29, 0.717) is 18.4 Å². The molecule has 1 aliphatic rings. The van der Waals surface area contributed by atoms with Gasteiger partial charge in [0.15, 0.2) is 0 Å². The Kier molecular flexibility index (Phi) is 4.48. The van der Waals surface area contributed by atoms with E-state index in [4.69, 9.17) is 10.2 Å². The minimum absolute atomic E-state index is 0.0330. The Morgan fingerprint density at radius 1 is 0.933 bits per heavy atom. The molecule has 154 valence electrons. The van der Waals surface area contributed by atoms with E-state index in [0.717, 1.165) is 5.56 Å². The van der Waals surface area contributed by atoms with Crippen molar-refractivity contribution in [3.05, 3.63) is 95.5 Å². The summed E-state index contributed by atoms with van der Waals surface area (Å²) in [7, 11) is 0. The minimum atomic E-state index is -1.29. The maximum atomic E-state index is 13.9. The Morgan fingerprint density at radius 3 is 2.23 bits per heavy atom. The van der Waals surface area contributed by atoms with Gasteiger partial charge in [0, 0.05) is 5.69 Å². The van der Waals surface area contributed by atoms with Crippen LogP contribution in [0.5, 0.6) is 5.75 Å². The van der Waals surface area contributed by atoms with Crippen molar-refractivity contribution in [2.24, 2.45) is 5.92 Å². The molecule has 1 heterocycles. The van der Waals surface area contributed by atoms with Crippen molar-refractivity contribution in [3.63, 3.8) is 0 Å². The van der Waals surface area contributed by atoms with Crippen molar-refractivity contribution in [1.82, 2.24) is 0 Å². The lowest BCUT2D eigenvalue weighted by Crippen LogP contribution is -2.34. The van der Waals surface area contributed by atoms with Crippen LogP contribution in [-0.2, 0) is 9.53 Å². The largest absolute Gasteiger partial charge is 0.508 e. The number of halogens is 2. The number of anilines is 1. The first-order valence-electron chi connectivity index (χ1n) is 11.4. The Morgan fingerprint density at radius 2 is 1.57 bits per heavy atom. The van der Waals surface area contributed by atoms with E-state index < -0.39 is 59.7 Å². The van der Waals surface area contributed by atoms with Crippen molar-refractivity contribution < 1.29 is 28.9 Å². The van der Waals surface area contributed by atoms with Gasteiger partial charge in [-0.2, -0.15) is 0 Å². The predicted octanol–water partition coefficient (Wildman–Crippen LogP) is 5.52. The van der Waals surface area contributed by atoms with Crippen LogP contribution < -0.4 is 5.32 Å². The van der Waals surface area contributed by atoms with Gasteiger partial charge in [-0.25, -0.2) is 8.78 Å². The number of phenolic OH excluding ortho intramolecular Hbond substituents is 1. The number of amides is 1. The molecule has 0 bridgehead atoms. The van der Waals surface area contributed by atoms with Crippen molar-refractivity contribution in [2.45, 2.75) is 25.0 Å². The molecule has 30 heavy (non-hydrogen) atoms. The second kappa shape index (κ2) is 8.63. The first kappa shape index (κ1) is 15.6. The van der Waals surface area contributed by atoms with E-state index in [1.54, 1.807) is 24.3 Å². The topological polar surface area (TPSA) is 58.6 Å². The highest BCUT2D eigenvalue weighted by Crippen LogP contribution is 2.43. The number of nitrogens with one attached hydrogen (secondary N) is 1. The zero-order valence-electron chi connectivity index (χ0n) is 19.8. The van der Waals surface area contributed by atoms with E-state index in [1.165, 1.54) is 24.3 Å². The van der Waals surface area contributed by atoms with Crippen molar-refractivity contribution >= 4 is 11.6 Å². The summed E-state index contributed by atoms with van der Waals surface area (Å²) in [5.41, 5.74) is 0.928. The second-order valence-corrected chi connectivity index (χ2v) is 7.05. The number of ether oxygens (including phenoxy) is 1. The molecule has 1 amide bonds. The van der Waals surface area contributed by atoms with Gasteiger partial charge in [-0.05, 0) is 72.4 Å². The van der Waals surface area contributed by atoms with Crippen LogP contribution in [0.15, 0.2) is 72.7 Å². The lowest BCUT2D eigenvalue weighted by molar-refractivity contribution is -0.137. The maximum Gasteiger partial charge on any atom is 0.230 e. The number of hydrogen-bond acceptors (Lipinski definition) is 3. The minimum Gasteiger partial charge on any atom is -0.508 e. The molecule has 2 N–H and O–H groups in total. The molecule has 6 heteroatoms. The van der Waals surface area contributed by atoms with Gasteiger partial charge in [-0.3, -0.25) is 4.79 Å². The van der Waals surface area contributed by atoms with Crippen molar-refractivity contribution in [2.75, 3.05) is 5.32 Å². The van der Waals surface area contributed by atoms with Crippen LogP contribution in [0.25, 0.3) is 0 Å². The number of hydrogen-bond donors (Lipinski definition) is 2. The average molecular weight is 413 g/mol. The number of carbonyl (C=O) groups is 1. The lowest BCUT2D eigenvalue weighted by Gasteiger charge is -2.36. The number of rotatable bonds is 4. The predicted molar refractivity (Wildman–Crippen MR) is 109 cm³/mol. The molecule has 1 aliphatic heterocycles. The summed E-state index contributed by atoms with van der Waals surface area (Å²) in [6.07, 6.45) is -0.439. The fourth-order valence-electron chi connectivity index (χ4n) is 3.56. The van der Waals surface area contributed by atoms with Gasteiger partial charge < -0.3 is 15.2 Å². The molecule has 3 aromatic carbocycles. The highest BCUT2D eigenvalue weighted by molar-refractivity contribution is 5.93. The molecule has 4 rings (SSSR count). The first-order valence-corrected chi connectivity index (χ1v) is 9.44. The zero-order valence-corrected chi connectivity index (χ0v) is 15.8. The van der Waals surface area contributed by atoms with Gasteiger partial charge in [0.2, 0.25) is 5.91 Å². The van der Waals surface area contributed by atoms with Crippen molar-refractivity contribution in [1.29, 1.82) is 0 Å². The molecule has 3 aromatic rings. The normalized spacial score (nSPS) is 23.1. The van der Waals surface area contributed by atoms with E-state index >= 15 is 0 Å². The molecule has 1 saturated heterocycles. The van der Waals surface area contributed by atoms with E-state index in [1.807, 2.05) is 0 Å². The van der Waals surface area contributed by atoms with Crippen LogP contribution >= 0.6 is 0 Å². The third-order valence-electron chi connectivity index (χ3n) is 5.06. The van der Waals surface area contributed by atoms with E-state index in [2.05, 4.69) is 5.32 Å². The van der Waals surface area contributed by atoms with Gasteiger partial charge in [-0.1, -0.05) is 24.3 Å². The third-order valence-corrected chi connectivity index (χ3v) is 5.06. The molecule has 0 saturated carbocycles. The zero-order chi connectivity index (χ0) is 24.6. The summed E-state index contributed by atoms with van der Waals surface area (Å²) < 4.78 is 64.7. The summed E-state index contributed by atoms with van der Waals surface area (Å²) in [6, 6.07) is 8.88. The highest BCUT2D eigenvalue weighted by atomic mass is 19.1. The van der Waals surface area contributed by atoms with Crippen LogP contribution in [0.2, 0.25) is 0 Å². The molecule has 4 nitrogen and oxygen atoms in total. The molecule has 0 spiro atoms. The lowest BCUT2D eigenvalue weighted by atomic mass is 9.85. The summed E-state index contributed by atoms with van der Waals surface area (Å²) in [4.78, 5) is 13.2. The number of phenols is 1. The molecule has 0 aliphatic carbocycles. The highest BCUT2D eigenvalue weighted by Gasteiger charge is 2.37. The second-order valence-electron chi connectivity index (χ2n) is 7.05. The molecular weight excluding hydrogens is 388 g/mol. The average Bonchev–Trinajstić information content (AvgIpc) is 2.84. The third kappa shape index (κ3) is 4.49. The molecule has 0 radical (unpaired) electrons. The molecule has 0 aromatic heterocycles. The number of benzene rings is 3. The standard InChI is InChI=1S/C24H21F2NO3/c25-17-5-1-15(2-6-17)22-14-13-21(23(30-22)16-3-11-20(28)12-4-16)24(29)27-19-9-7-18(26)8-10-19/h1-12,21-23,28H,13-14H2,(H,27,29)/t21-,22+,23+/m1/s1/i7D,8D,9D,10D. The first-order chi connectivity index (χ1) is 16.2. The van der Waals surface area contributed by atoms with E-state index in [9.17, 15) is 18.7 Å². The Balaban J connectivity index is 1.65. The Labute approximate surface area is 178 Å². The quantitative estimate of drug-likeness (QED) is 0.592. The summed E-state index contributed by atoms with van der Waals surface area (Å²) in [6.45, 7) is 0. The molecule has 3 atom stereocenters. The van der Waals surface area contributed by atoms with Crippen LogP contribution in [0.1, 0.15) is 41.7 Å². The SMILES string of the molecule is [2H]c1c([2H])c(NC(=O)[C@@H]2CC[C@@H](c3ccc(F)cc3)O[C@H]2c2ccc(O)cc2)c([2H])c([2H])c1F. The molecular formula is C24H21F2NO3. The summed E-state index contributed by atoms with van der Waals surface area (Å²) >= 11 is 0. The Hall–Kier alpha value is -3.25. The molecule has 0 unspecified atom stereocenters. The molecule has 1 fully saturated rings. The maximum absolute atomic E-state index is 13.9. The fraction of sp³-hybridized carbons (Fsp3) is 0.208. The van der Waals surface area contributed by atoms with Gasteiger partial charge in [0.1, 0.15) is 17.4 Å². The number of aromatic hydroxyl groups is 1. The smallest absolute Gasteiger partial charge is 0.230 e. The van der Waals surface area contributed by atoms with Crippen LogP contribution in [0, 0.1) is 17.6 Å². The summed E-state index contributed by atoms with van der Waals surface area (Å²) in [5.74, 6) is -3.04. The fourth-order valence-corrected chi connectivity index (χ4v) is 3.56. The van der Waals surface area contributed by atoms with Gasteiger partial charge >= 0.3 is 0 Å². The number of carbonyl (C=O) groups excluding carboxylic acids is 1. The van der Waals surface area contributed by atoms with Gasteiger partial charge in [-0.15, -0.1) is 0 Å². The van der Waals surface area contributed by atoms with Gasteiger partial charge in [0.25, 0.3) is 0 Å².